The van der Waals surface area contributed by atoms with Crippen molar-refractivity contribution in [3.63, 3.8) is 0 Å². The van der Waals surface area contributed by atoms with Crippen LogP contribution in [0.25, 0.3) is 0 Å². The molecule has 6 nitrogen and oxygen atoms in total. The Morgan fingerprint density at radius 3 is 2.44 bits per heavy atom. The van der Waals surface area contributed by atoms with Crippen LogP contribution in [0.1, 0.15) is 74.1 Å². The highest BCUT2D eigenvalue weighted by molar-refractivity contribution is 6.47. The van der Waals surface area contributed by atoms with Gasteiger partial charge in [0.15, 0.2) is 0 Å². The molecule has 1 saturated carbocycles. The lowest BCUT2D eigenvalue weighted by Gasteiger charge is -2.41. The average Bonchev–Trinajstić information content (AvgIpc) is 3.15. The van der Waals surface area contributed by atoms with Crippen molar-refractivity contribution in [1.29, 1.82) is 0 Å². The largest absolute Gasteiger partial charge is 0.416 e. The number of benzene rings is 1. The molecule has 190 valence electrons. The first-order valence-electron chi connectivity index (χ1n) is 12.6. The molecule has 2 amide bonds. The maximum absolute atomic E-state index is 13.6. The molecule has 1 unspecified atom stereocenters. The number of amides is 2. The summed E-state index contributed by atoms with van der Waals surface area (Å²) in [5.74, 6) is -0.523. The third-order valence-corrected chi connectivity index (χ3v) is 7.60. The van der Waals surface area contributed by atoms with E-state index in [1.807, 2.05) is 17.0 Å². The molecule has 2 aromatic rings. The molecule has 0 N–H and O–H groups in total. The number of nitrogens with zero attached hydrogens (tertiary/aromatic N) is 4. The van der Waals surface area contributed by atoms with Gasteiger partial charge in [-0.25, -0.2) is 0 Å². The van der Waals surface area contributed by atoms with Crippen LogP contribution in [0.5, 0.6) is 0 Å². The first-order chi connectivity index (χ1) is 17.3. The van der Waals surface area contributed by atoms with E-state index in [1.54, 1.807) is 17.3 Å². The fourth-order valence-electron chi connectivity index (χ4n) is 5.73. The third-order valence-electron chi connectivity index (χ3n) is 7.60. The summed E-state index contributed by atoms with van der Waals surface area (Å²) in [5, 5.41) is 0. The second-order valence-electron chi connectivity index (χ2n) is 9.86. The van der Waals surface area contributed by atoms with Crippen LogP contribution in [0.4, 0.5) is 13.2 Å². The van der Waals surface area contributed by atoms with Crippen LogP contribution < -0.4 is 0 Å². The summed E-state index contributed by atoms with van der Waals surface area (Å²) in [6, 6.07) is 8.28. The molecule has 1 spiro atoms. The molecule has 3 aliphatic rings. The van der Waals surface area contributed by atoms with Crippen LogP contribution in [0.2, 0.25) is 0 Å². The lowest BCUT2D eigenvalue weighted by Crippen LogP contribution is -2.53. The molecule has 9 heteroatoms. The molecule has 1 saturated heterocycles. The van der Waals surface area contributed by atoms with Crippen LogP contribution >= 0.6 is 0 Å². The number of hydrogen-bond donors (Lipinski definition) is 0. The number of carbonyl (C=O) groups excluding carboxylic acids is 2. The molecule has 36 heavy (non-hydrogen) atoms. The number of rotatable bonds is 4. The van der Waals surface area contributed by atoms with Gasteiger partial charge in [0.1, 0.15) is 17.9 Å². The van der Waals surface area contributed by atoms with E-state index in [0.29, 0.717) is 24.9 Å². The van der Waals surface area contributed by atoms with Crippen molar-refractivity contribution >= 4 is 17.5 Å². The van der Waals surface area contributed by atoms with Gasteiger partial charge in [0.05, 0.1) is 11.6 Å². The summed E-state index contributed by atoms with van der Waals surface area (Å²) < 4.78 is 39.1. The highest BCUT2D eigenvalue weighted by atomic mass is 19.4. The van der Waals surface area contributed by atoms with E-state index in [0.717, 1.165) is 56.2 Å². The zero-order valence-corrected chi connectivity index (χ0v) is 20.0. The highest BCUT2D eigenvalue weighted by Crippen LogP contribution is 2.40. The lowest BCUT2D eigenvalue weighted by atomic mass is 9.88. The summed E-state index contributed by atoms with van der Waals surface area (Å²) >= 11 is 0. The Kier molecular flexibility index (Phi) is 6.57. The van der Waals surface area contributed by atoms with Crippen molar-refractivity contribution in [2.75, 3.05) is 13.1 Å². The number of pyridine rings is 1. The lowest BCUT2D eigenvalue weighted by molar-refractivity contribution is -0.144. The smallest absolute Gasteiger partial charge is 0.334 e. The zero-order valence-electron chi connectivity index (χ0n) is 20.0. The minimum Gasteiger partial charge on any atom is -0.334 e. The summed E-state index contributed by atoms with van der Waals surface area (Å²) in [5.41, 5.74) is -0.126. The summed E-state index contributed by atoms with van der Waals surface area (Å²) in [6.45, 7) is 0.517. The summed E-state index contributed by atoms with van der Waals surface area (Å²) in [6.07, 6.45) is 5.84. The van der Waals surface area contributed by atoms with Crippen LogP contribution in [0, 0.1) is 0 Å². The fraction of sp³-hybridized carbons (Fsp3) is 0.481. The van der Waals surface area contributed by atoms with Crippen LogP contribution in [-0.4, -0.2) is 51.1 Å². The Hall–Kier alpha value is -3.23. The number of alkyl halides is 3. The van der Waals surface area contributed by atoms with Gasteiger partial charge in [-0.2, -0.15) is 13.2 Å². The Balaban J connectivity index is 1.41. The van der Waals surface area contributed by atoms with Gasteiger partial charge in [0.2, 0.25) is 5.91 Å². The number of halogens is 3. The molecule has 0 radical (unpaired) electrons. The van der Waals surface area contributed by atoms with Crippen molar-refractivity contribution in [3.8, 4) is 0 Å². The predicted molar refractivity (Wildman–Crippen MR) is 128 cm³/mol. The van der Waals surface area contributed by atoms with Gasteiger partial charge < -0.3 is 9.80 Å². The summed E-state index contributed by atoms with van der Waals surface area (Å²) in [4.78, 5) is 39.7. The van der Waals surface area contributed by atoms with Crippen molar-refractivity contribution < 1.29 is 22.8 Å². The maximum Gasteiger partial charge on any atom is 0.416 e. The van der Waals surface area contributed by atoms with E-state index in [4.69, 9.17) is 4.99 Å². The summed E-state index contributed by atoms with van der Waals surface area (Å²) in [7, 11) is 0. The Labute approximate surface area is 208 Å². The molecule has 2 fully saturated rings. The highest BCUT2D eigenvalue weighted by Gasteiger charge is 2.49. The minimum atomic E-state index is -4.46. The van der Waals surface area contributed by atoms with Crippen molar-refractivity contribution in [1.82, 2.24) is 14.8 Å². The van der Waals surface area contributed by atoms with Crippen LogP contribution in [0.3, 0.4) is 0 Å². The maximum atomic E-state index is 13.6. The number of likely N-dealkylation sites (tertiary alicyclic amines) is 1. The molecule has 1 aromatic heterocycles. The normalized spacial score (nSPS) is 22.1. The Morgan fingerprint density at radius 2 is 1.78 bits per heavy atom. The topological polar surface area (TPSA) is 65.9 Å². The van der Waals surface area contributed by atoms with Crippen molar-refractivity contribution in [3.05, 3.63) is 65.5 Å². The first-order valence-corrected chi connectivity index (χ1v) is 12.6. The van der Waals surface area contributed by atoms with E-state index < -0.39 is 17.4 Å². The van der Waals surface area contributed by atoms with E-state index in [9.17, 15) is 22.8 Å². The number of aliphatic imine (C=N–C) groups is 1. The molecule has 1 aromatic carbocycles. The van der Waals surface area contributed by atoms with Gasteiger partial charge in [-0.05, 0) is 68.7 Å². The second-order valence-corrected chi connectivity index (χ2v) is 9.86. The van der Waals surface area contributed by atoms with E-state index >= 15 is 0 Å². The number of hydrogen-bond acceptors (Lipinski definition) is 4. The molecule has 0 bridgehead atoms. The second kappa shape index (κ2) is 9.67. The molecular weight excluding hydrogens is 469 g/mol. The standard InChI is InChI=1S/C27H29F3N4O2/c28-27(29,30)21-11-9-19(10-12-21)24-25(36)34(26(32-24)13-3-1-4-14-26)18-23(35)33-16-5-2-8-22(33)20-7-6-15-31-17-20/h6-7,9-12,15,17,22H,1-5,8,13-14,16,18H2. The van der Waals surface area contributed by atoms with Gasteiger partial charge in [-0.1, -0.05) is 24.6 Å². The molecule has 1 aliphatic carbocycles. The van der Waals surface area contributed by atoms with Gasteiger partial charge >= 0.3 is 6.18 Å². The van der Waals surface area contributed by atoms with Gasteiger partial charge in [0.25, 0.3) is 5.91 Å². The Morgan fingerprint density at radius 1 is 1.03 bits per heavy atom. The van der Waals surface area contributed by atoms with Gasteiger partial charge in [0, 0.05) is 24.5 Å². The predicted octanol–water partition coefficient (Wildman–Crippen LogP) is 5.15. The molecule has 5 rings (SSSR count). The van der Waals surface area contributed by atoms with E-state index in [1.165, 1.54) is 12.1 Å². The van der Waals surface area contributed by atoms with Crippen molar-refractivity contribution in [2.24, 2.45) is 4.99 Å². The van der Waals surface area contributed by atoms with Gasteiger partial charge in [-0.15, -0.1) is 0 Å². The Bertz CT molecular complexity index is 1140. The van der Waals surface area contributed by atoms with E-state index in [-0.39, 0.29) is 30.1 Å². The van der Waals surface area contributed by atoms with E-state index in [2.05, 4.69) is 4.98 Å². The molecular formula is C27H29F3N4O2. The zero-order chi connectivity index (χ0) is 25.3. The molecule has 1 atom stereocenters. The van der Waals surface area contributed by atoms with Crippen LogP contribution in [-0.2, 0) is 15.8 Å². The number of carbonyl (C=O) groups is 2. The molecule has 3 heterocycles. The van der Waals surface area contributed by atoms with Gasteiger partial charge in [-0.3, -0.25) is 19.6 Å². The fourth-order valence-corrected chi connectivity index (χ4v) is 5.73. The average molecular weight is 499 g/mol. The first kappa shape index (κ1) is 24.5. The number of aromatic nitrogens is 1. The molecule has 2 aliphatic heterocycles. The minimum absolute atomic E-state index is 0.0877. The van der Waals surface area contributed by atoms with Crippen molar-refractivity contribution in [2.45, 2.75) is 69.2 Å². The SMILES string of the molecule is O=C(CN1C(=O)C(c2ccc(C(F)(F)F)cc2)=NC12CCCCC2)N1CCCCC1c1cccnc1. The number of piperidine rings is 1. The third kappa shape index (κ3) is 4.63. The van der Waals surface area contributed by atoms with Crippen LogP contribution in [0.15, 0.2) is 53.8 Å². The quantitative estimate of drug-likeness (QED) is 0.586. The monoisotopic (exact) mass is 498 g/mol.